The molecule has 3 amide bonds. The van der Waals surface area contributed by atoms with E-state index in [1.165, 1.54) is 4.90 Å². The number of rotatable bonds is 10. The third-order valence-electron chi connectivity index (χ3n) is 10.0. The number of hydrogen-bond donors (Lipinski definition) is 3. The quantitative estimate of drug-likeness (QED) is 0.125. The summed E-state index contributed by atoms with van der Waals surface area (Å²) in [5, 5.41) is 25.8. The number of carbonyl (C=O) groups excluding carboxylic acids is 3. The van der Waals surface area contributed by atoms with Crippen LogP contribution in [-0.4, -0.2) is 51.6 Å². The topological polar surface area (TPSA) is 167 Å². The molecule has 2 heterocycles. The van der Waals surface area contributed by atoms with Gasteiger partial charge in [0.1, 0.15) is 35.8 Å². The highest BCUT2D eigenvalue weighted by Gasteiger charge is 2.40. The molecule has 2 aliphatic rings. The van der Waals surface area contributed by atoms with Crippen LogP contribution in [0.4, 0.5) is 10.5 Å². The van der Waals surface area contributed by atoms with E-state index in [9.17, 15) is 24.3 Å². The third kappa shape index (κ3) is 9.66. The maximum atomic E-state index is 14.0. The van der Waals surface area contributed by atoms with Gasteiger partial charge in [0.05, 0.1) is 33.9 Å². The number of benzene rings is 5. The Balaban J connectivity index is 1.06. The number of nitriles is 1. The molecule has 0 fully saturated rings. The normalized spacial score (nSPS) is 16.2. The van der Waals surface area contributed by atoms with Crippen molar-refractivity contribution in [2.24, 2.45) is 0 Å². The van der Waals surface area contributed by atoms with Crippen LogP contribution >= 0.6 is 23.2 Å². The summed E-state index contributed by atoms with van der Waals surface area (Å²) < 4.78 is 17.8. The molecule has 0 bridgehead atoms. The van der Waals surface area contributed by atoms with Gasteiger partial charge in [0.25, 0.3) is 5.91 Å². The average molecular weight is 848 g/mol. The van der Waals surface area contributed by atoms with Crippen LogP contribution in [0.5, 0.6) is 11.5 Å². The molecule has 2 aliphatic heterocycles. The molecule has 7 rings (SSSR count). The summed E-state index contributed by atoms with van der Waals surface area (Å²) in [6.45, 7) is 5.36. The van der Waals surface area contributed by atoms with E-state index in [2.05, 4.69) is 16.7 Å². The molecule has 0 aliphatic carbocycles. The lowest BCUT2D eigenvalue weighted by molar-refractivity contribution is -0.142. The second-order valence-corrected chi connectivity index (χ2v) is 16.3. The maximum Gasteiger partial charge on any atom is 0.411 e. The molecule has 0 saturated carbocycles. The largest absolute Gasteiger partial charge is 0.489 e. The number of fused-ring (bicyclic) bond motifs is 2. The lowest BCUT2D eigenvalue weighted by atomic mass is 9.92. The van der Waals surface area contributed by atoms with E-state index in [-0.39, 0.29) is 26.0 Å². The SMILES string of the molecule is CC(C)(C)OC(=O)N1Cc2cc3c(cc2CC1C(=O)N[C@@H](Cc1ccc(-c2ccc(C#N)cc2)cc1)C(=O)O)NC(=O)C(c1ccc(OCc2ccc(Cl)c(Cl)c2)cc1)O3. The highest BCUT2D eigenvalue weighted by atomic mass is 35.5. The van der Waals surface area contributed by atoms with Crippen LogP contribution in [0.15, 0.2) is 103 Å². The number of nitrogens with zero attached hydrogens (tertiary/aromatic N) is 2. The summed E-state index contributed by atoms with van der Waals surface area (Å²) in [7, 11) is 0. The molecule has 2 unspecified atom stereocenters. The van der Waals surface area contributed by atoms with Gasteiger partial charge < -0.3 is 30.0 Å². The third-order valence-corrected chi connectivity index (χ3v) is 10.8. The molecule has 14 heteroatoms. The number of carbonyl (C=O) groups is 4. The van der Waals surface area contributed by atoms with Gasteiger partial charge >= 0.3 is 12.1 Å². The lowest BCUT2D eigenvalue weighted by Gasteiger charge is -2.38. The molecule has 0 aromatic heterocycles. The number of amides is 3. The standard InChI is InChI=1S/C46H40Cl2N4O8/c1-46(2,3)60-45(57)52-24-33-22-40-37(50-43(54)41(59-40)31-13-15-34(16-14-31)58-25-28-8-17-35(47)36(48)18-28)20-32(33)21-39(52)42(53)51-38(44(55)56)19-26-4-9-29(10-5-26)30-11-6-27(23-49)7-12-30/h4-18,20,22,38-39,41H,19,21,24-25H2,1-3H3,(H,50,54)(H,51,53)(H,55,56)/t38-,39?,41?/m0/s1. The Bertz CT molecular complexity index is 2500. The van der Waals surface area contributed by atoms with Crippen LogP contribution in [0.2, 0.25) is 10.0 Å². The number of aliphatic carboxylic acids is 1. The Hall–Kier alpha value is -6.55. The summed E-state index contributed by atoms with van der Waals surface area (Å²) in [6, 6.07) is 29.7. The Morgan fingerprint density at radius 3 is 2.22 bits per heavy atom. The van der Waals surface area contributed by atoms with Gasteiger partial charge in [-0.1, -0.05) is 77.8 Å². The van der Waals surface area contributed by atoms with Gasteiger partial charge in [-0.3, -0.25) is 14.5 Å². The Labute approximate surface area is 356 Å². The second kappa shape index (κ2) is 17.4. The van der Waals surface area contributed by atoms with Gasteiger partial charge in [0.2, 0.25) is 12.0 Å². The summed E-state index contributed by atoms with van der Waals surface area (Å²) in [4.78, 5) is 54.9. The first-order chi connectivity index (χ1) is 28.6. The molecular formula is C46H40Cl2N4O8. The zero-order valence-electron chi connectivity index (χ0n) is 32.8. The van der Waals surface area contributed by atoms with Crippen molar-refractivity contribution in [3.63, 3.8) is 0 Å². The van der Waals surface area contributed by atoms with E-state index >= 15 is 0 Å². The zero-order valence-corrected chi connectivity index (χ0v) is 34.3. The molecule has 306 valence electrons. The smallest absolute Gasteiger partial charge is 0.411 e. The number of hydrogen-bond acceptors (Lipinski definition) is 8. The molecule has 5 aromatic rings. The molecule has 5 aromatic carbocycles. The van der Waals surface area contributed by atoms with E-state index in [0.29, 0.717) is 55.0 Å². The van der Waals surface area contributed by atoms with Gasteiger partial charge in [0.15, 0.2) is 0 Å². The van der Waals surface area contributed by atoms with Crippen molar-refractivity contribution in [3.05, 3.63) is 147 Å². The molecule has 0 spiro atoms. The van der Waals surface area contributed by atoms with Crippen molar-refractivity contribution >= 4 is 52.8 Å². The molecule has 12 nitrogen and oxygen atoms in total. The summed E-state index contributed by atoms with van der Waals surface area (Å²) in [6.07, 6.45) is -1.73. The van der Waals surface area contributed by atoms with Crippen molar-refractivity contribution in [3.8, 4) is 28.7 Å². The Kier molecular flexibility index (Phi) is 12.0. The van der Waals surface area contributed by atoms with E-state index in [1.54, 1.807) is 93.6 Å². The molecule has 0 radical (unpaired) electrons. The van der Waals surface area contributed by atoms with E-state index < -0.39 is 47.7 Å². The summed E-state index contributed by atoms with van der Waals surface area (Å²) >= 11 is 12.1. The van der Waals surface area contributed by atoms with Crippen molar-refractivity contribution in [2.45, 2.75) is 70.6 Å². The first kappa shape index (κ1) is 41.6. The van der Waals surface area contributed by atoms with Crippen molar-refractivity contribution in [1.82, 2.24) is 10.2 Å². The molecule has 0 saturated heterocycles. The number of ether oxygens (including phenoxy) is 3. The number of nitrogens with one attached hydrogen (secondary N) is 2. The van der Waals surface area contributed by atoms with E-state index in [4.69, 9.17) is 42.7 Å². The fraction of sp³-hybridized carbons (Fsp3) is 0.239. The van der Waals surface area contributed by atoms with Crippen molar-refractivity contribution in [1.29, 1.82) is 5.26 Å². The number of carboxylic acids is 1. The maximum absolute atomic E-state index is 14.0. The highest BCUT2D eigenvalue weighted by Crippen LogP contribution is 2.40. The summed E-state index contributed by atoms with van der Waals surface area (Å²) in [5.74, 6) is -1.37. The first-order valence-corrected chi connectivity index (χ1v) is 19.8. The zero-order chi connectivity index (χ0) is 42.7. The van der Waals surface area contributed by atoms with Crippen LogP contribution in [0.25, 0.3) is 11.1 Å². The molecule has 60 heavy (non-hydrogen) atoms. The van der Waals surface area contributed by atoms with Crippen LogP contribution in [0.1, 0.15) is 60.3 Å². The van der Waals surface area contributed by atoms with Gasteiger partial charge in [-0.15, -0.1) is 0 Å². The Morgan fingerprint density at radius 2 is 1.58 bits per heavy atom. The predicted octanol–water partition coefficient (Wildman–Crippen LogP) is 8.66. The van der Waals surface area contributed by atoms with Crippen LogP contribution in [0, 0.1) is 11.3 Å². The minimum atomic E-state index is -1.31. The van der Waals surface area contributed by atoms with Crippen LogP contribution < -0.4 is 20.1 Å². The average Bonchev–Trinajstić information content (AvgIpc) is 3.22. The highest BCUT2D eigenvalue weighted by molar-refractivity contribution is 6.42. The second-order valence-electron chi connectivity index (χ2n) is 15.5. The fourth-order valence-electron chi connectivity index (χ4n) is 6.97. The van der Waals surface area contributed by atoms with Gasteiger partial charge in [-0.2, -0.15) is 5.26 Å². The molecular weight excluding hydrogens is 807 g/mol. The van der Waals surface area contributed by atoms with Gasteiger partial charge in [0, 0.05) is 18.4 Å². The van der Waals surface area contributed by atoms with Crippen LogP contribution in [-0.2, 0) is 45.1 Å². The van der Waals surface area contributed by atoms with E-state index in [0.717, 1.165) is 16.7 Å². The van der Waals surface area contributed by atoms with Gasteiger partial charge in [-0.25, -0.2) is 9.59 Å². The Morgan fingerprint density at radius 1 is 0.917 bits per heavy atom. The monoisotopic (exact) mass is 846 g/mol. The van der Waals surface area contributed by atoms with E-state index in [1.807, 2.05) is 30.3 Å². The predicted molar refractivity (Wildman–Crippen MR) is 225 cm³/mol. The lowest BCUT2D eigenvalue weighted by Crippen LogP contribution is -2.56. The fourth-order valence-corrected chi connectivity index (χ4v) is 7.29. The molecule has 3 N–H and O–H groups in total. The minimum Gasteiger partial charge on any atom is -0.489 e. The minimum absolute atomic E-state index is 0.0162. The summed E-state index contributed by atoms with van der Waals surface area (Å²) in [5.41, 5.74) is 5.26. The first-order valence-electron chi connectivity index (χ1n) is 19.1. The van der Waals surface area contributed by atoms with Crippen molar-refractivity contribution in [2.75, 3.05) is 5.32 Å². The number of carboxylic acid groups (broad SMARTS) is 1. The number of anilines is 1. The van der Waals surface area contributed by atoms with Gasteiger partial charge in [-0.05, 0) is 103 Å². The number of halogens is 2. The van der Waals surface area contributed by atoms with Crippen LogP contribution in [0.3, 0.4) is 0 Å². The van der Waals surface area contributed by atoms with Crippen molar-refractivity contribution < 1.29 is 38.5 Å². The molecule has 3 atom stereocenters.